The van der Waals surface area contributed by atoms with Gasteiger partial charge in [-0.2, -0.15) is 18.2 Å². The molecule has 5 aromatic rings. The molecule has 48 heavy (non-hydrogen) atoms. The molecule has 0 radical (unpaired) electrons. The number of ether oxygens (including phenoxy) is 3. The number of halogens is 3. The second-order valence-corrected chi connectivity index (χ2v) is 19.3. The molecule has 0 unspecified atom stereocenters. The van der Waals surface area contributed by atoms with E-state index in [2.05, 4.69) is 34.6 Å². The van der Waals surface area contributed by atoms with Crippen LogP contribution in [0.15, 0.2) is 49.1 Å². The molecule has 4 heterocycles. The lowest BCUT2D eigenvalue weighted by Crippen LogP contribution is -2.22. The molecule has 0 aliphatic heterocycles. The van der Waals surface area contributed by atoms with Gasteiger partial charge in [-0.15, -0.1) is 0 Å². The summed E-state index contributed by atoms with van der Waals surface area (Å²) in [6.07, 6.45) is 3.77. The van der Waals surface area contributed by atoms with Gasteiger partial charge in [0.25, 0.3) is 0 Å². The monoisotopic (exact) mass is 677 g/mol. The zero-order valence-corrected chi connectivity index (χ0v) is 28.4. The fourth-order valence-electron chi connectivity index (χ4n) is 5.59. The summed E-state index contributed by atoms with van der Waals surface area (Å²) < 4.78 is 62.0. The predicted octanol–water partition coefficient (Wildman–Crippen LogP) is 7.88. The van der Waals surface area contributed by atoms with E-state index in [1.807, 2.05) is 29.0 Å². The summed E-state index contributed by atoms with van der Waals surface area (Å²) >= 11 is 0. The lowest BCUT2D eigenvalue weighted by atomic mass is 10.1. The minimum atomic E-state index is -4.50. The SMILES string of the molecule is COc1ncnc(C2CC2)c1-c1nc(OCc2ccc(-c3nc(C(F)(F)F)cn3C3CC3)cc2)c2ccn(COCC[Si](C)(C)C)c2n1. The molecule has 2 fully saturated rings. The molecule has 1 aromatic carbocycles. The average Bonchev–Trinajstić information content (AvgIpc) is 3.99. The molecule has 2 saturated carbocycles. The number of imidazole rings is 1. The van der Waals surface area contributed by atoms with Gasteiger partial charge >= 0.3 is 6.18 Å². The van der Waals surface area contributed by atoms with E-state index in [4.69, 9.17) is 24.2 Å². The van der Waals surface area contributed by atoms with E-state index in [1.54, 1.807) is 23.8 Å². The number of hydrogen-bond acceptors (Lipinski definition) is 8. The van der Waals surface area contributed by atoms with Crippen molar-refractivity contribution in [1.82, 2.24) is 34.1 Å². The van der Waals surface area contributed by atoms with Crippen molar-refractivity contribution in [2.75, 3.05) is 13.7 Å². The first-order valence-electron chi connectivity index (χ1n) is 16.2. The van der Waals surface area contributed by atoms with E-state index in [-0.39, 0.29) is 12.6 Å². The average molecular weight is 678 g/mol. The highest BCUT2D eigenvalue weighted by atomic mass is 28.3. The first-order chi connectivity index (χ1) is 23.0. The van der Waals surface area contributed by atoms with Crippen LogP contribution in [0.25, 0.3) is 33.8 Å². The highest BCUT2D eigenvalue weighted by molar-refractivity contribution is 6.76. The molecular formula is C34H38F3N7O3Si. The Morgan fingerprint density at radius 2 is 1.71 bits per heavy atom. The van der Waals surface area contributed by atoms with Crippen molar-refractivity contribution < 1.29 is 27.4 Å². The van der Waals surface area contributed by atoms with Gasteiger partial charge in [-0.3, -0.25) is 0 Å². The van der Waals surface area contributed by atoms with Gasteiger partial charge in [0.1, 0.15) is 36.7 Å². The van der Waals surface area contributed by atoms with Crippen LogP contribution in [-0.2, 0) is 24.3 Å². The highest BCUT2D eigenvalue weighted by Gasteiger charge is 2.37. The van der Waals surface area contributed by atoms with E-state index in [0.717, 1.165) is 54.6 Å². The molecule has 0 saturated heterocycles. The van der Waals surface area contributed by atoms with Crippen molar-refractivity contribution in [1.29, 1.82) is 0 Å². The zero-order valence-electron chi connectivity index (χ0n) is 27.4. The maximum Gasteiger partial charge on any atom is 0.434 e. The van der Waals surface area contributed by atoms with Crippen molar-refractivity contribution in [3.8, 4) is 34.5 Å². The van der Waals surface area contributed by atoms with E-state index in [9.17, 15) is 13.2 Å². The standard InChI is InChI=1S/C34H38F3N7O3Si/c1-45-33-27(28(22-9-10-22)38-19-39-33)29-41-31-25(13-14-43(31)20-46-15-16-48(2,3)4)32(42-29)47-18-21-5-7-23(8-6-21)30-40-26(34(35,36)37)17-44(30)24-11-12-24/h5-8,13-14,17,19,22,24H,9-12,15-16,18,20H2,1-4H3. The summed E-state index contributed by atoms with van der Waals surface area (Å²) in [5.74, 6) is 1.79. The maximum atomic E-state index is 13.5. The largest absolute Gasteiger partial charge is 0.480 e. The van der Waals surface area contributed by atoms with Crippen LogP contribution in [0.3, 0.4) is 0 Å². The number of alkyl halides is 3. The maximum absolute atomic E-state index is 13.5. The quantitative estimate of drug-likeness (QED) is 0.0917. The third-order valence-corrected chi connectivity index (χ3v) is 10.3. The Balaban J connectivity index is 1.19. The number of rotatable bonds is 13. The Morgan fingerprint density at radius 1 is 0.938 bits per heavy atom. The number of aromatic nitrogens is 7. The molecule has 0 atom stereocenters. The van der Waals surface area contributed by atoms with Gasteiger partial charge in [-0.05, 0) is 43.4 Å². The van der Waals surface area contributed by atoms with Crippen LogP contribution in [0.5, 0.6) is 11.8 Å². The van der Waals surface area contributed by atoms with E-state index in [0.29, 0.717) is 59.4 Å². The van der Waals surface area contributed by atoms with Gasteiger partial charge < -0.3 is 23.3 Å². The van der Waals surface area contributed by atoms with Crippen LogP contribution in [0.1, 0.15) is 54.6 Å². The van der Waals surface area contributed by atoms with E-state index < -0.39 is 19.9 Å². The highest BCUT2D eigenvalue weighted by Crippen LogP contribution is 2.45. The molecule has 0 spiro atoms. The molecule has 4 aromatic heterocycles. The van der Waals surface area contributed by atoms with Gasteiger partial charge in [0.05, 0.1) is 18.2 Å². The van der Waals surface area contributed by atoms with Crippen LogP contribution in [0.4, 0.5) is 13.2 Å². The predicted molar refractivity (Wildman–Crippen MR) is 176 cm³/mol. The smallest absolute Gasteiger partial charge is 0.434 e. The summed E-state index contributed by atoms with van der Waals surface area (Å²) in [4.78, 5) is 22.7. The minimum absolute atomic E-state index is 0.0492. The lowest BCUT2D eigenvalue weighted by Gasteiger charge is -2.16. The number of nitrogens with zero attached hydrogens (tertiary/aromatic N) is 7. The van der Waals surface area contributed by atoms with Crippen molar-refractivity contribution in [2.24, 2.45) is 0 Å². The van der Waals surface area contributed by atoms with Gasteiger partial charge in [0.15, 0.2) is 11.5 Å². The molecule has 2 aliphatic carbocycles. The van der Waals surface area contributed by atoms with Crippen LogP contribution < -0.4 is 9.47 Å². The van der Waals surface area contributed by atoms with Crippen LogP contribution in [-0.4, -0.2) is 55.8 Å². The second kappa shape index (κ2) is 12.6. The van der Waals surface area contributed by atoms with Gasteiger partial charge in [0, 0.05) is 44.6 Å². The number of benzene rings is 1. The van der Waals surface area contributed by atoms with Crippen molar-refractivity contribution in [3.63, 3.8) is 0 Å². The van der Waals surface area contributed by atoms with Crippen molar-refractivity contribution in [3.05, 3.63) is 66.0 Å². The normalized spacial score (nSPS) is 15.3. The summed E-state index contributed by atoms with van der Waals surface area (Å²) in [7, 11) is 0.316. The Kier molecular flexibility index (Phi) is 8.48. The molecule has 252 valence electrons. The summed E-state index contributed by atoms with van der Waals surface area (Å²) in [6, 6.07) is 10.3. The third-order valence-electron chi connectivity index (χ3n) is 8.58. The van der Waals surface area contributed by atoms with Crippen LogP contribution in [0, 0.1) is 0 Å². The molecule has 0 N–H and O–H groups in total. The van der Waals surface area contributed by atoms with Crippen LogP contribution >= 0.6 is 0 Å². The summed E-state index contributed by atoms with van der Waals surface area (Å²) in [6.45, 7) is 8.12. The molecule has 2 aliphatic rings. The fourth-order valence-corrected chi connectivity index (χ4v) is 6.35. The van der Waals surface area contributed by atoms with E-state index >= 15 is 0 Å². The first kappa shape index (κ1) is 32.3. The third kappa shape index (κ3) is 6.95. The summed E-state index contributed by atoms with van der Waals surface area (Å²) in [5, 5.41) is 0.721. The van der Waals surface area contributed by atoms with Gasteiger partial charge in [-0.1, -0.05) is 43.9 Å². The Morgan fingerprint density at radius 3 is 2.38 bits per heavy atom. The van der Waals surface area contributed by atoms with Crippen molar-refractivity contribution in [2.45, 2.75) is 82.8 Å². The molecule has 7 rings (SSSR count). The molecular weight excluding hydrogens is 640 g/mol. The first-order valence-corrected chi connectivity index (χ1v) is 19.9. The fraction of sp³-hybridized carbons (Fsp3) is 0.441. The lowest BCUT2D eigenvalue weighted by molar-refractivity contribution is -0.140. The van der Waals surface area contributed by atoms with Crippen LogP contribution in [0.2, 0.25) is 25.7 Å². The number of fused-ring (bicyclic) bond motifs is 1. The topological polar surface area (TPSA) is 102 Å². The van der Waals surface area contributed by atoms with Gasteiger partial charge in [-0.25, -0.2) is 19.9 Å². The van der Waals surface area contributed by atoms with Gasteiger partial charge in [0.2, 0.25) is 11.8 Å². The summed E-state index contributed by atoms with van der Waals surface area (Å²) in [5.41, 5.74) is 2.71. The second-order valence-electron chi connectivity index (χ2n) is 13.7. The van der Waals surface area contributed by atoms with E-state index in [1.165, 1.54) is 6.33 Å². The molecule has 0 bridgehead atoms. The molecule has 10 nitrogen and oxygen atoms in total. The minimum Gasteiger partial charge on any atom is -0.480 e. The Labute approximate surface area is 277 Å². The zero-order chi connectivity index (χ0) is 33.6. The molecule has 14 heteroatoms. The number of methoxy groups -OCH3 is 1. The van der Waals surface area contributed by atoms with Crippen molar-refractivity contribution >= 4 is 19.1 Å². The number of hydrogen-bond donors (Lipinski definition) is 0. The molecule has 0 amide bonds. The Bertz CT molecular complexity index is 1930. The Hall–Kier alpha value is -4.30.